The second-order valence-corrected chi connectivity index (χ2v) is 10.3. The summed E-state index contributed by atoms with van der Waals surface area (Å²) in [6.07, 6.45) is 6.87. The van der Waals surface area contributed by atoms with E-state index < -0.39 is 6.04 Å². The van der Waals surface area contributed by atoms with Crippen LogP contribution in [0.25, 0.3) is 0 Å². The maximum atomic E-state index is 13.9. The Morgan fingerprint density at radius 2 is 1.51 bits per heavy atom. The number of carbonyl (C=O) groups is 2. The molecule has 0 aromatic heterocycles. The average Bonchev–Trinajstić information content (AvgIpc) is 3.44. The summed E-state index contributed by atoms with van der Waals surface area (Å²) < 4.78 is 0. The predicted octanol–water partition coefficient (Wildman–Crippen LogP) is 6.19. The zero-order valence-electron chi connectivity index (χ0n) is 22.3. The van der Waals surface area contributed by atoms with Crippen LogP contribution < -0.4 is 5.32 Å². The highest BCUT2D eigenvalue weighted by Gasteiger charge is 2.32. The third-order valence-corrected chi connectivity index (χ3v) is 7.63. The van der Waals surface area contributed by atoms with Gasteiger partial charge in [0.15, 0.2) is 0 Å². The van der Waals surface area contributed by atoms with Gasteiger partial charge in [-0.1, -0.05) is 98.6 Å². The van der Waals surface area contributed by atoms with Crippen LogP contribution in [0.2, 0.25) is 0 Å². The van der Waals surface area contributed by atoms with E-state index in [9.17, 15) is 9.59 Å². The fourth-order valence-corrected chi connectivity index (χ4v) is 5.23. The molecule has 0 unspecified atom stereocenters. The summed E-state index contributed by atoms with van der Waals surface area (Å²) in [4.78, 5) is 29.5. The van der Waals surface area contributed by atoms with Crippen molar-refractivity contribution in [3.05, 3.63) is 107 Å². The van der Waals surface area contributed by atoms with E-state index in [1.165, 1.54) is 5.56 Å². The maximum Gasteiger partial charge on any atom is 0.243 e. The number of nitrogens with zero attached hydrogens (tertiary/aromatic N) is 1. The molecule has 0 spiro atoms. The molecule has 4 rings (SSSR count). The van der Waals surface area contributed by atoms with Gasteiger partial charge in [0, 0.05) is 25.4 Å². The number of rotatable bonds is 11. The first kappa shape index (κ1) is 26.7. The summed E-state index contributed by atoms with van der Waals surface area (Å²) in [6.45, 7) is 4.64. The lowest BCUT2D eigenvalue weighted by Crippen LogP contribution is -2.52. The van der Waals surface area contributed by atoms with Crippen LogP contribution in [0.1, 0.15) is 66.8 Å². The lowest BCUT2D eigenvalue weighted by Gasteiger charge is -2.33. The van der Waals surface area contributed by atoms with Crippen LogP contribution in [-0.4, -0.2) is 28.8 Å². The topological polar surface area (TPSA) is 49.4 Å². The zero-order chi connectivity index (χ0) is 26.0. The molecule has 194 valence electrons. The number of nitrogens with one attached hydrogen (secondary N) is 1. The van der Waals surface area contributed by atoms with Crippen molar-refractivity contribution in [2.45, 2.75) is 83.8 Å². The number of carbonyl (C=O) groups excluding carboxylic acids is 2. The number of amides is 2. The Balaban J connectivity index is 1.60. The molecule has 1 saturated carbocycles. The number of benzene rings is 3. The molecule has 4 nitrogen and oxygen atoms in total. The molecule has 1 aliphatic carbocycles. The molecule has 0 aliphatic heterocycles. The van der Waals surface area contributed by atoms with Gasteiger partial charge >= 0.3 is 0 Å². The quantitative estimate of drug-likeness (QED) is 0.344. The van der Waals surface area contributed by atoms with Crippen molar-refractivity contribution in [1.82, 2.24) is 10.2 Å². The molecule has 0 radical (unpaired) electrons. The van der Waals surface area contributed by atoms with Crippen molar-refractivity contribution in [3.8, 4) is 0 Å². The molecular formula is C33H40N2O2. The normalized spacial score (nSPS) is 14.3. The SMILES string of the molecule is CCc1ccc(CCC(=O)N(Cc2ccccc2C)[C@H](Cc2ccccc2)C(=O)NC2CCCC2)cc1. The molecule has 3 aromatic rings. The Kier molecular flexibility index (Phi) is 9.53. The minimum Gasteiger partial charge on any atom is -0.352 e. The summed E-state index contributed by atoms with van der Waals surface area (Å²) in [7, 11) is 0. The highest BCUT2D eigenvalue weighted by molar-refractivity contribution is 5.88. The first-order valence-corrected chi connectivity index (χ1v) is 13.8. The first-order valence-electron chi connectivity index (χ1n) is 13.8. The number of hydrogen-bond donors (Lipinski definition) is 1. The molecule has 0 heterocycles. The van der Waals surface area contributed by atoms with Crippen molar-refractivity contribution < 1.29 is 9.59 Å². The van der Waals surface area contributed by atoms with Gasteiger partial charge in [0.2, 0.25) is 11.8 Å². The Hall–Kier alpha value is -3.40. The maximum absolute atomic E-state index is 13.9. The van der Waals surface area contributed by atoms with Crippen molar-refractivity contribution >= 4 is 11.8 Å². The Bertz CT molecular complexity index is 1150. The van der Waals surface area contributed by atoms with E-state index in [0.717, 1.165) is 54.4 Å². The smallest absolute Gasteiger partial charge is 0.243 e. The standard InChI is InChI=1S/C33H40N2O2/c1-3-26-17-19-27(20-18-26)21-22-32(36)35(24-29-14-8-7-11-25(29)2)31(23-28-12-5-4-6-13-28)33(37)34-30-15-9-10-16-30/h4-8,11-14,17-20,30-31H,3,9-10,15-16,21-24H2,1-2H3,(H,34,37)/t31-/m1/s1. The minimum atomic E-state index is -0.558. The van der Waals surface area contributed by atoms with Crippen LogP contribution in [0.15, 0.2) is 78.9 Å². The predicted molar refractivity (Wildman–Crippen MR) is 150 cm³/mol. The molecule has 0 saturated heterocycles. The average molecular weight is 497 g/mol. The molecule has 0 bridgehead atoms. The molecule has 3 aromatic carbocycles. The van der Waals surface area contributed by atoms with Gasteiger partial charge in [-0.2, -0.15) is 0 Å². The lowest BCUT2D eigenvalue weighted by molar-refractivity contribution is -0.141. The van der Waals surface area contributed by atoms with Gasteiger partial charge in [-0.3, -0.25) is 9.59 Å². The highest BCUT2D eigenvalue weighted by atomic mass is 16.2. The van der Waals surface area contributed by atoms with Gasteiger partial charge < -0.3 is 10.2 Å². The van der Waals surface area contributed by atoms with Crippen molar-refractivity contribution in [3.63, 3.8) is 0 Å². The monoisotopic (exact) mass is 496 g/mol. The lowest BCUT2D eigenvalue weighted by atomic mass is 9.99. The van der Waals surface area contributed by atoms with Crippen molar-refractivity contribution in [2.75, 3.05) is 0 Å². The Labute approximate surface area is 222 Å². The fourth-order valence-electron chi connectivity index (χ4n) is 5.23. The van der Waals surface area contributed by atoms with Crippen LogP contribution >= 0.6 is 0 Å². The Morgan fingerprint density at radius 3 is 2.19 bits per heavy atom. The molecular weight excluding hydrogens is 456 g/mol. The van der Waals surface area contributed by atoms with Crippen molar-refractivity contribution in [2.24, 2.45) is 0 Å². The Morgan fingerprint density at radius 1 is 0.865 bits per heavy atom. The molecule has 4 heteroatoms. The fraction of sp³-hybridized carbons (Fsp3) is 0.394. The van der Waals surface area contributed by atoms with Crippen LogP contribution in [0.3, 0.4) is 0 Å². The molecule has 1 atom stereocenters. The van der Waals surface area contributed by atoms with E-state index in [4.69, 9.17) is 0 Å². The van der Waals surface area contributed by atoms with Gasteiger partial charge in [0.25, 0.3) is 0 Å². The largest absolute Gasteiger partial charge is 0.352 e. The minimum absolute atomic E-state index is 0.0188. The van der Waals surface area contributed by atoms with Crippen LogP contribution in [0, 0.1) is 6.92 Å². The summed E-state index contributed by atoms with van der Waals surface area (Å²) in [6, 6.07) is 26.4. The molecule has 2 amide bonds. The van der Waals surface area contributed by atoms with E-state index in [0.29, 0.717) is 25.8 Å². The van der Waals surface area contributed by atoms with Gasteiger partial charge in [0.05, 0.1) is 0 Å². The second-order valence-electron chi connectivity index (χ2n) is 10.3. The zero-order valence-corrected chi connectivity index (χ0v) is 22.3. The first-order chi connectivity index (χ1) is 18.0. The van der Waals surface area contributed by atoms with Gasteiger partial charge in [-0.25, -0.2) is 0 Å². The summed E-state index contributed by atoms with van der Waals surface area (Å²) >= 11 is 0. The van der Waals surface area contributed by atoms with Crippen molar-refractivity contribution in [1.29, 1.82) is 0 Å². The van der Waals surface area contributed by atoms with E-state index in [1.54, 1.807) is 0 Å². The second kappa shape index (κ2) is 13.2. The third-order valence-electron chi connectivity index (χ3n) is 7.63. The van der Waals surface area contributed by atoms with Gasteiger partial charge in [-0.15, -0.1) is 0 Å². The van der Waals surface area contributed by atoms with Crippen LogP contribution in [-0.2, 0) is 35.4 Å². The summed E-state index contributed by atoms with van der Waals surface area (Å²) in [5.74, 6) is -0.0182. The van der Waals surface area contributed by atoms with Crippen LogP contribution in [0.4, 0.5) is 0 Å². The van der Waals surface area contributed by atoms with E-state index >= 15 is 0 Å². The highest BCUT2D eigenvalue weighted by Crippen LogP contribution is 2.21. The van der Waals surface area contributed by atoms with E-state index in [-0.39, 0.29) is 17.9 Å². The summed E-state index contributed by atoms with van der Waals surface area (Å²) in [5, 5.41) is 3.29. The summed E-state index contributed by atoms with van der Waals surface area (Å²) in [5.41, 5.74) is 5.71. The number of aryl methyl sites for hydroxylation is 3. The molecule has 37 heavy (non-hydrogen) atoms. The van der Waals surface area contributed by atoms with Crippen LogP contribution in [0.5, 0.6) is 0 Å². The molecule has 1 N–H and O–H groups in total. The molecule has 1 fully saturated rings. The number of hydrogen-bond acceptors (Lipinski definition) is 2. The molecule has 1 aliphatic rings. The van der Waals surface area contributed by atoms with Gasteiger partial charge in [0.1, 0.15) is 6.04 Å². The van der Waals surface area contributed by atoms with E-state index in [2.05, 4.69) is 55.6 Å². The van der Waals surface area contributed by atoms with E-state index in [1.807, 2.05) is 47.4 Å². The third kappa shape index (κ3) is 7.55. The van der Waals surface area contributed by atoms with Gasteiger partial charge in [-0.05, 0) is 60.4 Å².